The number of nitriles is 1. The van der Waals surface area contributed by atoms with E-state index in [1.807, 2.05) is 19.9 Å². The number of aromatic nitrogens is 1. The topological polar surface area (TPSA) is 75.0 Å². The van der Waals surface area contributed by atoms with Crippen molar-refractivity contribution in [3.63, 3.8) is 0 Å². The molecule has 8 heteroatoms. The second-order valence-corrected chi connectivity index (χ2v) is 13.5. The van der Waals surface area contributed by atoms with Crippen LogP contribution in [0, 0.1) is 30.1 Å². The molecule has 3 aromatic carbocycles. The van der Waals surface area contributed by atoms with Gasteiger partial charge in [-0.1, -0.05) is 71.0 Å². The minimum atomic E-state index is -1.72. The Morgan fingerprint density at radius 2 is 1.74 bits per heavy atom. The Bertz CT molecular complexity index is 1730. The van der Waals surface area contributed by atoms with Gasteiger partial charge in [-0.3, -0.25) is 4.79 Å². The Labute approximate surface area is 275 Å². The summed E-state index contributed by atoms with van der Waals surface area (Å²) in [5, 5.41) is 13.1. The second kappa shape index (κ2) is 15.8. The number of amides is 1. The molecule has 0 radical (unpaired) electrons. The third kappa shape index (κ3) is 9.11. The van der Waals surface area contributed by atoms with E-state index in [0.29, 0.717) is 68.6 Å². The number of nitrogens with one attached hydrogen (secondary N) is 1. The SMILES string of the molecule is Cc1nc(-c2ccc(OCC(C)C)c(C#N)c2)sc1C(=O)Nc1cccc(C(CCC(C)c2ccc(CC(C)C)cc2)=C(F)F)c1. The van der Waals surface area contributed by atoms with Gasteiger partial charge in [0.1, 0.15) is 21.7 Å². The van der Waals surface area contributed by atoms with E-state index in [9.17, 15) is 18.8 Å². The molecule has 0 aliphatic carbocycles. The number of anilines is 1. The second-order valence-electron chi connectivity index (χ2n) is 12.5. The van der Waals surface area contributed by atoms with E-state index in [2.05, 4.69) is 61.4 Å². The number of nitrogens with zero attached hydrogens (tertiary/aromatic N) is 2. The summed E-state index contributed by atoms with van der Waals surface area (Å²) in [6.45, 7) is 12.7. The molecule has 1 atom stereocenters. The van der Waals surface area contributed by atoms with E-state index in [4.69, 9.17) is 4.74 Å². The molecule has 0 bridgehead atoms. The van der Waals surface area contributed by atoms with Gasteiger partial charge >= 0.3 is 0 Å². The number of ether oxygens (including phenoxy) is 1. The maximum Gasteiger partial charge on any atom is 0.274 e. The van der Waals surface area contributed by atoms with Crippen LogP contribution in [0.3, 0.4) is 0 Å². The molecule has 0 aliphatic heterocycles. The van der Waals surface area contributed by atoms with Crippen LogP contribution in [0.4, 0.5) is 14.5 Å². The summed E-state index contributed by atoms with van der Waals surface area (Å²) in [6, 6.07) is 22.5. The van der Waals surface area contributed by atoms with Crippen molar-refractivity contribution >= 4 is 28.5 Å². The molecule has 5 nitrogen and oxygen atoms in total. The number of carbonyl (C=O) groups is 1. The molecule has 1 amide bonds. The predicted octanol–water partition coefficient (Wildman–Crippen LogP) is 10.7. The van der Waals surface area contributed by atoms with Gasteiger partial charge < -0.3 is 10.1 Å². The van der Waals surface area contributed by atoms with Crippen molar-refractivity contribution in [1.29, 1.82) is 5.26 Å². The molecule has 46 heavy (non-hydrogen) atoms. The Morgan fingerprint density at radius 3 is 2.39 bits per heavy atom. The van der Waals surface area contributed by atoms with Crippen LogP contribution in [0.1, 0.15) is 91.0 Å². The number of carbonyl (C=O) groups excluding carboxylic acids is 1. The molecule has 1 unspecified atom stereocenters. The Kier molecular flexibility index (Phi) is 11.8. The third-order valence-electron chi connectivity index (χ3n) is 7.64. The van der Waals surface area contributed by atoms with Crippen LogP contribution in [0.2, 0.25) is 0 Å². The molecule has 4 rings (SSSR count). The first-order valence-electron chi connectivity index (χ1n) is 15.6. The molecule has 4 aromatic rings. The van der Waals surface area contributed by atoms with E-state index in [1.54, 1.807) is 43.3 Å². The number of benzene rings is 3. The van der Waals surface area contributed by atoms with Crippen molar-refractivity contribution < 1.29 is 18.3 Å². The Balaban J connectivity index is 1.45. The summed E-state index contributed by atoms with van der Waals surface area (Å²) in [5.41, 5.74) is 4.82. The van der Waals surface area contributed by atoms with Crippen molar-refractivity contribution in [2.75, 3.05) is 11.9 Å². The van der Waals surface area contributed by atoms with Gasteiger partial charge in [-0.25, -0.2) is 4.98 Å². The smallest absolute Gasteiger partial charge is 0.274 e. The van der Waals surface area contributed by atoms with E-state index in [-0.39, 0.29) is 23.8 Å². The number of halogens is 2. The van der Waals surface area contributed by atoms with E-state index < -0.39 is 6.08 Å². The number of hydrogen-bond acceptors (Lipinski definition) is 5. The normalized spacial score (nSPS) is 11.8. The average molecular weight is 642 g/mol. The molecular weight excluding hydrogens is 601 g/mol. The summed E-state index contributed by atoms with van der Waals surface area (Å²) in [6.07, 6.45) is 0.0612. The lowest BCUT2D eigenvalue weighted by molar-refractivity contribution is 0.103. The minimum Gasteiger partial charge on any atom is -0.492 e. The zero-order chi connectivity index (χ0) is 33.4. The highest BCUT2D eigenvalue weighted by Gasteiger charge is 2.19. The zero-order valence-electron chi connectivity index (χ0n) is 27.3. The molecular formula is C38H41F2N3O2S. The van der Waals surface area contributed by atoms with Crippen molar-refractivity contribution in [2.45, 2.75) is 66.7 Å². The third-order valence-corrected chi connectivity index (χ3v) is 8.84. The maximum absolute atomic E-state index is 14.2. The highest BCUT2D eigenvalue weighted by Crippen LogP contribution is 2.34. The van der Waals surface area contributed by atoms with Crippen LogP contribution >= 0.6 is 11.3 Å². The van der Waals surface area contributed by atoms with Crippen LogP contribution in [0.25, 0.3) is 16.1 Å². The number of thiazole rings is 1. The highest BCUT2D eigenvalue weighted by molar-refractivity contribution is 7.17. The van der Waals surface area contributed by atoms with Crippen molar-refractivity contribution in [3.8, 4) is 22.4 Å². The first kappa shape index (κ1) is 34.5. The van der Waals surface area contributed by atoms with Gasteiger partial charge in [0.15, 0.2) is 0 Å². The van der Waals surface area contributed by atoms with Crippen molar-refractivity contribution in [1.82, 2.24) is 4.98 Å². The lowest BCUT2D eigenvalue weighted by atomic mass is 9.91. The first-order valence-corrected chi connectivity index (χ1v) is 16.5. The van der Waals surface area contributed by atoms with Gasteiger partial charge in [0.05, 0.1) is 17.9 Å². The van der Waals surface area contributed by atoms with Crippen molar-refractivity contribution in [3.05, 3.63) is 106 Å². The van der Waals surface area contributed by atoms with Gasteiger partial charge in [0.2, 0.25) is 0 Å². The minimum absolute atomic E-state index is 0.0234. The van der Waals surface area contributed by atoms with E-state index >= 15 is 0 Å². The Morgan fingerprint density at radius 1 is 1.00 bits per heavy atom. The standard InChI is InChI=1S/C38H41F2N3O2S/c1-23(2)18-27-11-13-28(14-12-27)25(5)10-16-33(36(39)40)29-8-7-9-32(20-29)43-37(44)35-26(6)42-38(46-35)30-15-17-34(31(19-30)21-41)45-22-24(3)4/h7-9,11-15,17,19-20,23-25H,10,16,18,22H2,1-6H3,(H,43,44). The number of hydrogen-bond donors (Lipinski definition) is 1. The fourth-order valence-corrected chi connectivity index (χ4v) is 6.12. The average Bonchev–Trinajstić information content (AvgIpc) is 3.41. The predicted molar refractivity (Wildman–Crippen MR) is 183 cm³/mol. The van der Waals surface area contributed by atoms with Crippen LogP contribution in [0.5, 0.6) is 5.75 Å². The van der Waals surface area contributed by atoms with E-state index in [1.165, 1.54) is 16.9 Å². The lowest BCUT2D eigenvalue weighted by Gasteiger charge is -2.15. The fraction of sp³-hybridized carbons (Fsp3) is 0.342. The summed E-state index contributed by atoms with van der Waals surface area (Å²) in [5.74, 6) is 1.14. The monoisotopic (exact) mass is 641 g/mol. The molecule has 1 heterocycles. The molecule has 0 fully saturated rings. The van der Waals surface area contributed by atoms with Gasteiger partial charge in [-0.15, -0.1) is 11.3 Å². The van der Waals surface area contributed by atoms with Crippen LogP contribution in [-0.4, -0.2) is 17.5 Å². The first-order chi connectivity index (χ1) is 21.9. The largest absolute Gasteiger partial charge is 0.492 e. The lowest BCUT2D eigenvalue weighted by Crippen LogP contribution is -2.11. The molecule has 0 spiro atoms. The van der Waals surface area contributed by atoms with Crippen molar-refractivity contribution in [2.24, 2.45) is 11.8 Å². The van der Waals surface area contributed by atoms with Gasteiger partial charge in [0.25, 0.3) is 12.0 Å². The van der Waals surface area contributed by atoms with E-state index in [0.717, 1.165) is 12.0 Å². The Hall–Kier alpha value is -4.35. The van der Waals surface area contributed by atoms with Gasteiger partial charge in [-0.2, -0.15) is 14.0 Å². The van der Waals surface area contributed by atoms with Crippen LogP contribution < -0.4 is 10.1 Å². The summed E-state index contributed by atoms with van der Waals surface area (Å²) in [4.78, 5) is 18.3. The molecule has 240 valence electrons. The molecule has 1 aromatic heterocycles. The van der Waals surface area contributed by atoms with Gasteiger partial charge in [0, 0.05) is 16.8 Å². The highest BCUT2D eigenvalue weighted by atomic mass is 32.1. The van der Waals surface area contributed by atoms with Gasteiger partial charge in [-0.05, 0) is 91.0 Å². The van der Waals surface area contributed by atoms with Crippen LogP contribution in [-0.2, 0) is 6.42 Å². The summed E-state index contributed by atoms with van der Waals surface area (Å²) < 4.78 is 34.2. The molecule has 0 saturated heterocycles. The zero-order valence-corrected chi connectivity index (χ0v) is 28.1. The molecule has 0 saturated carbocycles. The number of allylic oxidation sites excluding steroid dienone is 1. The molecule has 1 N–H and O–H groups in total. The maximum atomic E-state index is 14.2. The number of aryl methyl sites for hydroxylation is 1. The fourth-order valence-electron chi connectivity index (χ4n) is 5.16. The summed E-state index contributed by atoms with van der Waals surface area (Å²) >= 11 is 1.21. The quantitative estimate of drug-likeness (QED) is 0.158. The summed E-state index contributed by atoms with van der Waals surface area (Å²) in [7, 11) is 0. The van der Waals surface area contributed by atoms with Crippen LogP contribution in [0.15, 0.2) is 72.8 Å². The number of rotatable bonds is 13. The molecule has 0 aliphatic rings.